The second-order valence-corrected chi connectivity index (χ2v) is 4.88. The molecule has 0 atom stereocenters. The molecule has 0 bridgehead atoms. The molecule has 1 aromatic rings. The number of aliphatic hydroxyl groups excluding tert-OH is 1. The largest absolute Gasteiger partial charge is 0.502 e. The van der Waals surface area contributed by atoms with Gasteiger partial charge in [-0.1, -0.05) is 0 Å². The molecule has 0 radical (unpaired) electrons. The first-order valence-electron chi connectivity index (χ1n) is 6.40. The molecule has 1 aliphatic heterocycles. The molecule has 2 N–H and O–H groups in total. The first kappa shape index (κ1) is 14.3. The lowest BCUT2D eigenvalue weighted by atomic mass is 9.97. The zero-order valence-corrected chi connectivity index (χ0v) is 10.9. The van der Waals surface area contributed by atoms with Crippen molar-refractivity contribution in [1.29, 1.82) is 0 Å². The molecule has 1 fully saturated rings. The van der Waals surface area contributed by atoms with Crippen LogP contribution in [-0.2, 0) is 0 Å². The summed E-state index contributed by atoms with van der Waals surface area (Å²) in [6.45, 7) is 1.21. The molecule has 0 aromatic heterocycles. The van der Waals surface area contributed by atoms with Gasteiger partial charge in [0.1, 0.15) is 0 Å². The molecule has 1 aliphatic rings. The van der Waals surface area contributed by atoms with E-state index in [2.05, 4.69) is 0 Å². The molecule has 0 saturated carbocycles. The monoisotopic (exact) mass is 280 g/mol. The van der Waals surface area contributed by atoms with Crippen LogP contribution in [0.3, 0.4) is 0 Å². The Kier molecular flexibility index (Phi) is 4.19. The third kappa shape index (κ3) is 2.88. The first-order chi connectivity index (χ1) is 9.52. The summed E-state index contributed by atoms with van der Waals surface area (Å²) in [5.74, 6) is -0.540. The fourth-order valence-electron chi connectivity index (χ4n) is 2.31. The van der Waals surface area contributed by atoms with E-state index in [0.717, 1.165) is 25.0 Å². The highest BCUT2D eigenvalue weighted by atomic mass is 16.6. The number of carbonyl (C=O) groups is 1. The van der Waals surface area contributed by atoms with Gasteiger partial charge in [0.05, 0.1) is 4.92 Å². The predicted molar refractivity (Wildman–Crippen MR) is 70.5 cm³/mol. The molecule has 1 heterocycles. The van der Waals surface area contributed by atoms with Crippen LogP contribution < -0.4 is 0 Å². The third-order valence-electron chi connectivity index (χ3n) is 3.58. The Morgan fingerprint density at radius 2 is 2.05 bits per heavy atom. The maximum atomic E-state index is 12.2. The molecule has 1 amide bonds. The van der Waals surface area contributed by atoms with Crippen molar-refractivity contribution in [3.63, 3.8) is 0 Å². The number of amides is 1. The SMILES string of the molecule is O=C(c1ccc([N+](=O)[O-])c(O)c1)N1CCC(CO)CC1. The van der Waals surface area contributed by atoms with Crippen LogP contribution in [0, 0.1) is 16.0 Å². The molecule has 0 aliphatic carbocycles. The van der Waals surface area contributed by atoms with Gasteiger partial charge in [0.2, 0.25) is 0 Å². The van der Waals surface area contributed by atoms with Gasteiger partial charge in [0.25, 0.3) is 5.91 Å². The predicted octanol–water partition coefficient (Wildman–Crippen LogP) is 1.14. The van der Waals surface area contributed by atoms with Crippen LogP contribution in [0.5, 0.6) is 5.75 Å². The molecule has 0 spiro atoms. The normalized spacial score (nSPS) is 16.1. The van der Waals surface area contributed by atoms with Crippen LogP contribution in [0.15, 0.2) is 18.2 Å². The number of nitro benzene ring substituents is 1. The Morgan fingerprint density at radius 3 is 2.55 bits per heavy atom. The van der Waals surface area contributed by atoms with Crippen LogP contribution in [-0.4, -0.2) is 45.6 Å². The van der Waals surface area contributed by atoms with Crippen LogP contribution in [0.2, 0.25) is 0 Å². The van der Waals surface area contributed by atoms with Gasteiger partial charge in [0, 0.05) is 31.3 Å². The minimum atomic E-state index is -0.698. The van der Waals surface area contributed by atoms with Crippen LogP contribution in [0.25, 0.3) is 0 Å². The molecule has 0 unspecified atom stereocenters. The lowest BCUT2D eigenvalue weighted by Crippen LogP contribution is -2.39. The van der Waals surface area contributed by atoms with E-state index in [1.54, 1.807) is 4.90 Å². The average Bonchev–Trinajstić information content (AvgIpc) is 2.46. The number of likely N-dealkylation sites (tertiary alicyclic amines) is 1. The number of hydrogen-bond donors (Lipinski definition) is 2. The number of hydrogen-bond acceptors (Lipinski definition) is 5. The maximum Gasteiger partial charge on any atom is 0.310 e. The van der Waals surface area contributed by atoms with E-state index in [9.17, 15) is 20.0 Å². The Bertz CT molecular complexity index is 523. The summed E-state index contributed by atoms with van der Waals surface area (Å²) in [6.07, 6.45) is 1.47. The number of aromatic hydroxyl groups is 1. The molecule has 108 valence electrons. The molecular weight excluding hydrogens is 264 g/mol. The quantitative estimate of drug-likeness (QED) is 0.638. The van der Waals surface area contributed by atoms with Gasteiger partial charge < -0.3 is 15.1 Å². The standard InChI is InChI=1S/C13H16N2O5/c16-8-9-3-5-14(6-4-9)13(18)10-1-2-11(15(19)20)12(17)7-10/h1-2,7,9,16-17H,3-6,8H2. The Labute approximate surface area is 115 Å². The molecule has 20 heavy (non-hydrogen) atoms. The number of piperidine rings is 1. The van der Waals surface area contributed by atoms with Crippen LogP contribution in [0.1, 0.15) is 23.2 Å². The highest BCUT2D eigenvalue weighted by molar-refractivity contribution is 5.95. The number of benzene rings is 1. The second kappa shape index (κ2) is 5.87. The van der Waals surface area contributed by atoms with Gasteiger partial charge in [-0.3, -0.25) is 14.9 Å². The molecule has 1 aromatic carbocycles. The van der Waals surface area contributed by atoms with E-state index in [0.29, 0.717) is 13.1 Å². The smallest absolute Gasteiger partial charge is 0.310 e. The van der Waals surface area contributed by atoms with Crippen LogP contribution in [0.4, 0.5) is 5.69 Å². The number of nitrogens with zero attached hydrogens (tertiary/aromatic N) is 2. The fourth-order valence-corrected chi connectivity index (χ4v) is 2.31. The average molecular weight is 280 g/mol. The van der Waals surface area contributed by atoms with Gasteiger partial charge in [-0.25, -0.2) is 0 Å². The van der Waals surface area contributed by atoms with Crippen molar-refractivity contribution in [2.45, 2.75) is 12.8 Å². The van der Waals surface area contributed by atoms with E-state index < -0.39 is 16.4 Å². The summed E-state index contributed by atoms with van der Waals surface area (Å²) in [4.78, 5) is 23.7. The summed E-state index contributed by atoms with van der Waals surface area (Å²) < 4.78 is 0. The van der Waals surface area contributed by atoms with Gasteiger partial charge in [0.15, 0.2) is 5.75 Å². The minimum absolute atomic E-state index is 0.125. The molecule has 1 saturated heterocycles. The van der Waals surface area contributed by atoms with Gasteiger partial charge in [-0.2, -0.15) is 0 Å². The molecule has 7 heteroatoms. The van der Waals surface area contributed by atoms with E-state index in [1.165, 1.54) is 6.07 Å². The molecular formula is C13H16N2O5. The topological polar surface area (TPSA) is 104 Å². The summed E-state index contributed by atoms with van der Waals surface area (Å²) in [7, 11) is 0. The van der Waals surface area contributed by atoms with Crippen molar-refractivity contribution >= 4 is 11.6 Å². The lowest BCUT2D eigenvalue weighted by molar-refractivity contribution is -0.385. The second-order valence-electron chi connectivity index (χ2n) is 4.88. The Balaban J connectivity index is 2.10. The summed E-state index contributed by atoms with van der Waals surface area (Å²) in [6, 6.07) is 3.60. The van der Waals surface area contributed by atoms with Crippen molar-refractivity contribution in [3.8, 4) is 5.75 Å². The van der Waals surface area contributed by atoms with E-state index in [1.807, 2.05) is 0 Å². The number of carbonyl (C=O) groups excluding carboxylic acids is 1. The van der Waals surface area contributed by atoms with Crippen LogP contribution >= 0.6 is 0 Å². The molecule has 7 nitrogen and oxygen atoms in total. The summed E-state index contributed by atoms with van der Waals surface area (Å²) in [5, 5.41) is 29.2. The number of phenols is 1. The van der Waals surface area contributed by atoms with Gasteiger partial charge >= 0.3 is 5.69 Å². The fraction of sp³-hybridized carbons (Fsp3) is 0.462. The van der Waals surface area contributed by atoms with E-state index in [-0.39, 0.29) is 24.0 Å². The maximum absolute atomic E-state index is 12.2. The Morgan fingerprint density at radius 1 is 1.40 bits per heavy atom. The lowest BCUT2D eigenvalue weighted by Gasteiger charge is -2.31. The highest BCUT2D eigenvalue weighted by Crippen LogP contribution is 2.27. The molecule has 2 rings (SSSR count). The zero-order valence-electron chi connectivity index (χ0n) is 10.9. The zero-order chi connectivity index (χ0) is 14.7. The Hall–Kier alpha value is -2.15. The van der Waals surface area contributed by atoms with E-state index in [4.69, 9.17) is 5.11 Å². The number of rotatable bonds is 3. The minimum Gasteiger partial charge on any atom is -0.502 e. The summed E-state index contributed by atoms with van der Waals surface area (Å²) >= 11 is 0. The van der Waals surface area contributed by atoms with Crippen molar-refractivity contribution in [3.05, 3.63) is 33.9 Å². The first-order valence-corrected chi connectivity index (χ1v) is 6.40. The van der Waals surface area contributed by atoms with Crippen molar-refractivity contribution in [2.24, 2.45) is 5.92 Å². The third-order valence-corrected chi connectivity index (χ3v) is 3.58. The van der Waals surface area contributed by atoms with Crippen molar-refractivity contribution in [2.75, 3.05) is 19.7 Å². The van der Waals surface area contributed by atoms with Gasteiger partial charge in [-0.15, -0.1) is 0 Å². The van der Waals surface area contributed by atoms with Crippen molar-refractivity contribution in [1.82, 2.24) is 4.90 Å². The highest BCUT2D eigenvalue weighted by Gasteiger charge is 2.24. The van der Waals surface area contributed by atoms with Crippen molar-refractivity contribution < 1.29 is 19.9 Å². The number of phenolic OH excluding ortho intramolecular Hbond substituents is 1. The van der Waals surface area contributed by atoms with Gasteiger partial charge in [-0.05, 0) is 30.9 Å². The summed E-state index contributed by atoms with van der Waals surface area (Å²) in [5.41, 5.74) is -0.184. The van der Waals surface area contributed by atoms with E-state index >= 15 is 0 Å². The number of aliphatic hydroxyl groups is 1. The number of nitro groups is 1.